The van der Waals surface area contributed by atoms with Crippen LogP contribution in [-0.2, 0) is 14.9 Å². The lowest BCUT2D eigenvalue weighted by atomic mass is 9.74. The number of rotatable bonds is 5. The van der Waals surface area contributed by atoms with Gasteiger partial charge in [-0.15, -0.1) is 24.0 Å². The molecule has 0 radical (unpaired) electrons. The summed E-state index contributed by atoms with van der Waals surface area (Å²) in [6.45, 7) is 6.11. The molecule has 1 aromatic carbocycles. The van der Waals surface area contributed by atoms with E-state index in [1.807, 2.05) is 19.2 Å². The highest BCUT2D eigenvalue weighted by atomic mass is 127. The first-order chi connectivity index (χ1) is 12.6. The molecule has 2 aliphatic rings. The smallest absolute Gasteiger partial charge is 0.191 e. The Morgan fingerprint density at radius 2 is 1.89 bits per heavy atom. The van der Waals surface area contributed by atoms with Crippen molar-refractivity contribution in [3.8, 4) is 0 Å². The topological polar surface area (TPSA) is 54.9 Å². The summed E-state index contributed by atoms with van der Waals surface area (Å²) < 4.78 is 11.5. The first-order valence-electron chi connectivity index (χ1n) is 9.48. The predicted octanol–water partition coefficient (Wildman–Crippen LogP) is 3.74. The predicted molar refractivity (Wildman–Crippen MR) is 122 cm³/mol. The second-order valence-corrected chi connectivity index (χ2v) is 8.02. The molecule has 152 valence electrons. The molecule has 2 saturated heterocycles. The summed E-state index contributed by atoms with van der Waals surface area (Å²) >= 11 is 6.25. The van der Waals surface area contributed by atoms with E-state index < -0.39 is 0 Å². The molecule has 2 heterocycles. The van der Waals surface area contributed by atoms with Crippen LogP contribution in [0.5, 0.6) is 0 Å². The maximum absolute atomic E-state index is 6.25. The normalized spacial score (nSPS) is 24.9. The fourth-order valence-electron chi connectivity index (χ4n) is 3.87. The Hall–Kier alpha value is -0.570. The van der Waals surface area contributed by atoms with E-state index in [0.717, 1.165) is 69.6 Å². The Morgan fingerprint density at radius 1 is 1.15 bits per heavy atom. The van der Waals surface area contributed by atoms with Crippen molar-refractivity contribution in [2.75, 3.05) is 40.0 Å². The van der Waals surface area contributed by atoms with Gasteiger partial charge in [-0.25, -0.2) is 0 Å². The summed E-state index contributed by atoms with van der Waals surface area (Å²) in [5.41, 5.74) is 1.18. The molecule has 0 amide bonds. The van der Waals surface area contributed by atoms with E-state index >= 15 is 0 Å². The molecule has 5 nitrogen and oxygen atoms in total. The average molecular weight is 508 g/mol. The molecule has 2 aliphatic heterocycles. The summed E-state index contributed by atoms with van der Waals surface area (Å²) in [4.78, 5) is 4.39. The molecule has 27 heavy (non-hydrogen) atoms. The van der Waals surface area contributed by atoms with Crippen LogP contribution in [0.15, 0.2) is 29.3 Å². The fourth-order valence-corrected chi connectivity index (χ4v) is 4.06. The van der Waals surface area contributed by atoms with E-state index in [9.17, 15) is 0 Å². The zero-order chi connectivity index (χ0) is 18.5. The van der Waals surface area contributed by atoms with Gasteiger partial charge in [0.2, 0.25) is 0 Å². The van der Waals surface area contributed by atoms with Crippen molar-refractivity contribution < 1.29 is 9.47 Å². The number of ether oxygens (including phenoxy) is 2. The standard InChI is InChI=1S/C20H30ClN3O2.HI/c1-19(7-4-10-26-19)14-23-18(22-2)24-15-20(8-11-25-12-9-20)16-5-3-6-17(21)13-16;/h3,5-6,13H,4,7-12,14-15H2,1-2H3,(H2,22,23,24);1H. The number of hydrogen-bond donors (Lipinski definition) is 2. The van der Waals surface area contributed by atoms with E-state index in [1.165, 1.54) is 5.56 Å². The Morgan fingerprint density at radius 3 is 2.52 bits per heavy atom. The third kappa shape index (κ3) is 5.95. The van der Waals surface area contributed by atoms with Crippen molar-refractivity contribution in [2.24, 2.45) is 4.99 Å². The minimum atomic E-state index is -0.0963. The molecule has 7 heteroatoms. The lowest BCUT2D eigenvalue weighted by molar-refractivity contribution is 0.0242. The monoisotopic (exact) mass is 507 g/mol. The van der Waals surface area contributed by atoms with E-state index in [0.29, 0.717) is 0 Å². The van der Waals surface area contributed by atoms with Crippen LogP contribution in [0.25, 0.3) is 0 Å². The minimum absolute atomic E-state index is 0. The van der Waals surface area contributed by atoms with E-state index in [-0.39, 0.29) is 35.0 Å². The maximum atomic E-state index is 6.25. The van der Waals surface area contributed by atoms with Gasteiger partial charge in [0, 0.05) is 50.4 Å². The van der Waals surface area contributed by atoms with Gasteiger partial charge in [-0.1, -0.05) is 23.7 Å². The summed E-state index contributed by atoms with van der Waals surface area (Å²) in [5, 5.41) is 7.73. The van der Waals surface area contributed by atoms with Crippen molar-refractivity contribution in [1.29, 1.82) is 0 Å². The van der Waals surface area contributed by atoms with Crippen LogP contribution in [0.2, 0.25) is 5.02 Å². The molecule has 0 bridgehead atoms. The first kappa shape index (κ1) is 22.7. The highest BCUT2D eigenvalue weighted by Crippen LogP contribution is 2.35. The van der Waals surface area contributed by atoms with Crippen LogP contribution < -0.4 is 10.6 Å². The lowest BCUT2D eigenvalue weighted by Gasteiger charge is -2.38. The van der Waals surface area contributed by atoms with E-state index in [1.54, 1.807) is 0 Å². The molecule has 1 atom stereocenters. The van der Waals surface area contributed by atoms with Gasteiger partial charge in [0.1, 0.15) is 0 Å². The van der Waals surface area contributed by atoms with Gasteiger partial charge in [-0.2, -0.15) is 0 Å². The Bertz CT molecular complexity index is 629. The van der Waals surface area contributed by atoms with Crippen molar-refractivity contribution in [3.63, 3.8) is 0 Å². The molecular formula is C20H31ClIN3O2. The number of halogens is 2. The SMILES string of the molecule is CN=C(NCC1(C)CCCO1)NCC1(c2cccc(Cl)c2)CCOCC1.I. The first-order valence-corrected chi connectivity index (χ1v) is 9.85. The lowest BCUT2D eigenvalue weighted by Crippen LogP contribution is -2.50. The van der Waals surface area contributed by atoms with Crippen LogP contribution in [-0.4, -0.2) is 51.5 Å². The number of nitrogens with one attached hydrogen (secondary N) is 2. The van der Waals surface area contributed by atoms with Gasteiger partial charge >= 0.3 is 0 Å². The van der Waals surface area contributed by atoms with E-state index in [4.69, 9.17) is 21.1 Å². The largest absolute Gasteiger partial charge is 0.381 e. The quantitative estimate of drug-likeness (QED) is 0.362. The molecule has 0 saturated carbocycles. The van der Waals surface area contributed by atoms with Gasteiger partial charge in [0.15, 0.2) is 5.96 Å². The number of aliphatic imine (C=N–C) groups is 1. The second kappa shape index (κ2) is 10.3. The van der Waals surface area contributed by atoms with Crippen LogP contribution >= 0.6 is 35.6 Å². The molecule has 0 aliphatic carbocycles. The van der Waals surface area contributed by atoms with Crippen LogP contribution in [0.4, 0.5) is 0 Å². The molecular weight excluding hydrogens is 477 g/mol. The van der Waals surface area contributed by atoms with Gasteiger partial charge in [-0.3, -0.25) is 4.99 Å². The highest BCUT2D eigenvalue weighted by Gasteiger charge is 2.35. The summed E-state index contributed by atoms with van der Waals surface area (Å²) in [6.07, 6.45) is 4.15. The third-order valence-corrected chi connectivity index (χ3v) is 5.87. The zero-order valence-corrected chi connectivity index (χ0v) is 19.3. The molecule has 2 fully saturated rings. The zero-order valence-electron chi connectivity index (χ0n) is 16.2. The maximum Gasteiger partial charge on any atom is 0.191 e. The molecule has 2 N–H and O–H groups in total. The van der Waals surface area contributed by atoms with Gasteiger partial charge in [-0.05, 0) is 50.3 Å². The van der Waals surface area contributed by atoms with Gasteiger partial charge < -0.3 is 20.1 Å². The van der Waals surface area contributed by atoms with Crippen LogP contribution in [0.3, 0.4) is 0 Å². The molecule has 1 unspecified atom stereocenters. The average Bonchev–Trinajstić information content (AvgIpc) is 3.09. The number of hydrogen-bond acceptors (Lipinski definition) is 3. The molecule has 0 aromatic heterocycles. The Kier molecular flexibility index (Phi) is 8.65. The summed E-state index contributed by atoms with van der Waals surface area (Å²) in [5.74, 6) is 0.814. The third-order valence-electron chi connectivity index (χ3n) is 5.63. The van der Waals surface area contributed by atoms with Crippen molar-refractivity contribution >= 4 is 41.5 Å². The van der Waals surface area contributed by atoms with Crippen LogP contribution in [0, 0.1) is 0 Å². The Labute approximate surface area is 184 Å². The number of benzene rings is 1. The van der Waals surface area contributed by atoms with Crippen molar-refractivity contribution in [1.82, 2.24) is 10.6 Å². The Balaban J connectivity index is 0.00000261. The summed E-state index contributed by atoms with van der Waals surface area (Å²) in [6, 6.07) is 8.20. The van der Waals surface area contributed by atoms with Crippen LogP contribution in [0.1, 0.15) is 38.2 Å². The minimum Gasteiger partial charge on any atom is -0.381 e. The number of guanidine groups is 1. The fraction of sp³-hybridized carbons (Fsp3) is 0.650. The second-order valence-electron chi connectivity index (χ2n) is 7.58. The van der Waals surface area contributed by atoms with Gasteiger partial charge in [0.25, 0.3) is 0 Å². The summed E-state index contributed by atoms with van der Waals surface area (Å²) in [7, 11) is 1.81. The highest BCUT2D eigenvalue weighted by molar-refractivity contribution is 14.0. The van der Waals surface area contributed by atoms with Crippen molar-refractivity contribution in [2.45, 2.75) is 43.6 Å². The molecule has 0 spiro atoms. The van der Waals surface area contributed by atoms with Gasteiger partial charge in [0.05, 0.1) is 5.60 Å². The van der Waals surface area contributed by atoms with E-state index in [2.05, 4.69) is 34.7 Å². The molecule has 1 aromatic rings. The van der Waals surface area contributed by atoms with Crippen molar-refractivity contribution in [3.05, 3.63) is 34.9 Å². The number of nitrogens with zero attached hydrogens (tertiary/aromatic N) is 1. The molecule has 3 rings (SSSR count).